The van der Waals surface area contributed by atoms with E-state index >= 15 is 0 Å². The van der Waals surface area contributed by atoms with E-state index in [4.69, 9.17) is 42.1 Å². The molecule has 4 aromatic carbocycles. The van der Waals surface area contributed by atoms with Crippen LogP contribution in [0.1, 0.15) is 63.0 Å². The van der Waals surface area contributed by atoms with Gasteiger partial charge in [-0.3, -0.25) is 19.2 Å². The molecule has 2 aromatic heterocycles. The monoisotopic (exact) mass is 1030 g/mol. The van der Waals surface area contributed by atoms with Gasteiger partial charge in [0.05, 0.1) is 26.1 Å². The quantitative estimate of drug-likeness (QED) is 0.0288. The van der Waals surface area contributed by atoms with Gasteiger partial charge in [-0.05, 0) is 107 Å². The fraction of sp³-hybridized carbons (Fsp3) is 0.167. The number of aliphatic carboxylic acids is 2. The lowest BCUT2D eigenvalue weighted by atomic mass is 9.43. The SMILES string of the molecule is COc1cc(C2C(NC(=O)c3ccc(NC(=O)CCl)cc3)(C(=O)O)C(c3ccc(OC(=O)c4cccs4)c(OC)c3)C2(NC(=O)c2ccc(NC(=O)CCl)cc2)C(=O)O)ccc1OC(=O)c1cccs1. The van der Waals surface area contributed by atoms with Crippen LogP contribution in [-0.2, 0) is 19.2 Å². The number of benzene rings is 4. The minimum atomic E-state index is -2.73. The van der Waals surface area contributed by atoms with Gasteiger partial charge in [-0.15, -0.1) is 45.9 Å². The molecule has 6 aromatic rings. The summed E-state index contributed by atoms with van der Waals surface area (Å²) in [5, 5.41) is 37.0. The zero-order valence-corrected chi connectivity index (χ0v) is 39.6. The zero-order valence-electron chi connectivity index (χ0n) is 36.5. The van der Waals surface area contributed by atoms with Gasteiger partial charge in [0.15, 0.2) is 34.1 Å². The Balaban J connectivity index is 1.43. The van der Waals surface area contributed by atoms with Crippen LogP contribution in [-0.4, -0.2) is 94.8 Å². The molecule has 4 amide bonds. The lowest BCUT2D eigenvalue weighted by Gasteiger charge is -2.64. The number of amides is 4. The van der Waals surface area contributed by atoms with Crippen LogP contribution in [0.25, 0.3) is 0 Å². The molecule has 1 saturated carbocycles. The number of anilines is 2. The van der Waals surface area contributed by atoms with Crippen LogP contribution in [0.4, 0.5) is 11.4 Å². The van der Waals surface area contributed by atoms with Gasteiger partial charge in [0.25, 0.3) is 11.8 Å². The summed E-state index contributed by atoms with van der Waals surface area (Å²) in [6.07, 6.45) is 0. The molecule has 360 valence electrons. The third-order valence-corrected chi connectivity index (χ3v) is 13.4. The summed E-state index contributed by atoms with van der Waals surface area (Å²) < 4.78 is 22.5. The van der Waals surface area contributed by atoms with Crippen molar-refractivity contribution in [3.8, 4) is 23.0 Å². The van der Waals surface area contributed by atoms with Crippen molar-refractivity contribution in [3.63, 3.8) is 0 Å². The van der Waals surface area contributed by atoms with Gasteiger partial charge in [0, 0.05) is 22.5 Å². The lowest BCUT2D eigenvalue weighted by molar-refractivity contribution is -0.171. The number of rotatable bonds is 18. The number of carboxylic acids is 2. The van der Waals surface area contributed by atoms with Crippen molar-refractivity contribution in [2.24, 2.45) is 0 Å². The normalized spacial score (nSPS) is 17.9. The minimum absolute atomic E-state index is 0.137. The van der Waals surface area contributed by atoms with Crippen LogP contribution in [0.5, 0.6) is 23.0 Å². The van der Waals surface area contributed by atoms with Crippen LogP contribution in [0.15, 0.2) is 120 Å². The van der Waals surface area contributed by atoms with E-state index in [1.54, 1.807) is 22.9 Å². The molecule has 1 aliphatic carbocycles. The molecular weight excluding hydrogens is 992 g/mol. The molecule has 0 saturated heterocycles. The predicted molar refractivity (Wildman–Crippen MR) is 257 cm³/mol. The average molecular weight is 1030 g/mol. The van der Waals surface area contributed by atoms with Crippen molar-refractivity contribution < 1.29 is 67.5 Å². The van der Waals surface area contributed by atoms with Crippen molar-refractivity contribution >= 4 is 105 Å². The highest BCUT2D eigenvalue weighted by atomic mass is 35.5. The Hall–Kier alpha value is -7.78. The number of carboxylic acid groups (broad SMARTS) is 2. The van der Waals surface area contributed by atoms with Crippen molar-refractivity contribution in [1.29, 1.82) is 0 Å². The number of hydrogen-bond acceptors (Lipinski definition) is 14. The first-order chi connectivity index (χ1) is 33.6. The van der Waals surface area contributed by atoms with Crippen molar-refractivity contribution in [1.82, 2.24) is 10.6 Å². The number of halogens is 2. The molecule has 70 heavy (non-hydrogen) atoms. The molecule has 2 heterocycles. The number of methoxy groups -OCH3 is 2. The maximum Gasteiger partial charge on any atom is 0.353 e. The number of ether oxygens (including phenoxy) is 4. The molecule has 0 atom stereocenters. The van der Waals surface area contributed by atoms with E-state index in [9.17, 15) is 48.6 Å². The van der Waals surface area contributed by atoms with Gasteiger partial charge in [0.1, 0.15) is 21.5 Å². The second-order valence-electron chi connectivity index (χ2n) is 15.2. The Morgan fingerprint density at radius 3 is 1.21 bits per heavy atom. The number of carbonyl (C=O) groups is 8. The van der Waals surface area contributed by atoms with Gasteiger partial charge in [0.2, 0.25) is 11.8 Å². The molecule has 0 aliphatic heterocycles. The third kappa shape index (κ3) is 9.88. The predicted octanol–water partition coefficient (Wildman–Crippen LogP) is 7.01. The highest BCUT2D eigenvalue weighted by Crippen LogP contribution is 2.64. The van der Waals surface area contributed by atoms with Gasteiger partial charge >= 0.3 is 23.9 Å². The maximum atomic E-state index is 14.6. The Labute approximate surface area is 415 Å². The number of carbonyl (C=O) groups excluding carboxylic acids is 6. The summed E-state index contributed by atoms with van der Waals surface area (Å²) in [6.45, 7) is 0. The van der Waals surface area contributed by atoms with Gasteiger partial charge in [-0.25, -0.2) is 19.2 Å². The van der Waals surface area contributed by atoms with E-state index in [0.717, 1.165) is 22.7 Å². The fourth-order valence-electron chi connectivity index (χ4n) is 8.20. The molecule has 7 rings (SSSR count). The van der Waals surface area contributed by atoms with Crippen molar-refractivity contribution in [3.05, 3.63) is 152 Å². The first-order valence-corrected chi connectivity index (χ1v) is 23.3. The van der Waals surface area contributed by atoms with Gasteiger partial charge in [-0.2, -0.15) is 0 Å². The van der Waals surface area contributed by atoms with Crippen LogP contribution < -0.4 is 40.2 Å². The summed E-state index contributed by atoms with van der Waals surface area (Å²) >= 11 is 13.5. The Morgan fingerprint density at radius 1 is 0.543 bits per heavy atom. The molecule has 0 unspecified atom stereocenters. The smallest absolute Gasteiger partial charge is 0.353 e. The molecule has 22 heteroatoms. The molecule has 1 aliphatic rings. The number of alkyl halides is 2. The molecule has 18 nitrogen and oxygen atoms in total. The summed E-state index contributed by atoms with van der Waals surface area (Å²) in [7, 11) is 2.45. The van der Waals surface area contributed by atoms with E-state index < -0.39 is 70.4 Å². The topological polar surface area (TPSA) is 262 Å². The summed E-state index contributed by atoms with van der Waals surface area (Å²) in [6, 6.07) is 24.4. The second-order valence-corrected chi connectivity index (χ2v) is 17.6. The van der Waals surface area contributed by atoms with Crippen molar-refractivity contribution in [2.75, 3.05) is 36.6 Å². The largest absolute Gasteiger partial charge is 0.493 e. The third-order valence-electron chi connectivity index (χ3n) is 11.2. The average Bonchev–Trinajstić information content (AvgIpc) is 4.11. The van der Waals surface area contributed by atoms with Crippen molar-refractivity contribution in [2.45, 2.75) is 22.9 Å². The van der Waals surface area contributed by atoms with E-state index in [1.807, 2.05) is 0 Å². The van der Waals surface area contributed by atoms with Crippen LogP contribution >= 0.6 is 45.9 Å². The molecule has 0 radical (unpaired) electrons. The first kappa shape index (κ1) is 50.1. The molecule has 0 spiro atoms. The van der Waals surface area contributed by atoms with E-state index in [-0.39, 0.29) is 78.1 Å². The summed E-state index contributed by atoms with van der Waals surface area (Å²) in [5.41, 5.74) is -5.52. The minimum Gasteiger partial charge on any atom is -0.493 e. The maximum absolute atomic E-state index is 14.6. The van der Waals surface area contributed by atoms with Gasteiger partial charge in [-0.1, -0.05) is 24.3 Å². The highest BCUT2D eigenvalue weighted by Gasteiger charge is 2.80. The molecule has 1 fully saturated rings. The van der Waals surface area contributed by atoms with E-state index in [1.165, 1.54) is 111 Å². The number of nitrogens with one attached hydrogen (secondary N) is 4. The lowest BCUT2D eigenvalue weighted by Crippen LogP contribution is -2.86. The Morgan fingerprint density at radius 2 is 0.914 bits per heavy atom. The Kier molecular flexibility index (Phi) is 15.2. The molecule has 6 N–H and O–H groups in total. The highest BCUT2D eigenvalue weighted by molar-refractivity contribution is 7.12. The van der Waals surface area contributed by atoms with Crippen LogP contribution in [0, 0.1) is 0 Å². The molecular formula is C48H38Cl2N4O14S2. The Bertz CT molecular complexity index is 2780. The zero-order chi connectivity index (χ0) is 50.3. The van der Waals surface area contributed by atoms with Crippen LogP contribution in [0.3, 0.4) is 0 Å². The van der Waals surface area contributed by atoms with E-state index in [2.05, 4.69) is 21.3 Å². The first-order valence-electron chi connectivity index (χ1n) is 20.5. The van der Waals surface area contributed by atoms with Crippen LogP contribution in [0.2, 0.25) is 0 Å². The summed E-state index contributed by atoms with van der Waals surface area (Å²) in [5.74, 6) is -13.5. The van der Waals surface area contributed by atoms with E-state index in [0.29, 0.717) is 0 Å². The number of thiophene rings is 2. The summed E-state index contributed by atoms with van der Waals surface area (Å²) in [4.78, 5) is 109. The van der Waals surface area contributed by atoms with Gasteiger partial charge < -0.3 is 50.4 Å². The fourth-order valence-corrected chi connectivity index (χ4v) is 9.53. The number of hydrogen-bond donors (Lipinski definition) is 6. The molecule has 0 bridgehead atoms. The number of esters is 2. The second kappa shape index (κ2) is 21.2. The standard InChI is InChI=1S/C48H38Cl2N4O14S2/c1-65-33-21-27(11-17-31(33)67-43(59)35-5-3-19-69-35)39-47(45(61)62,53-41(57)25-7-13-29(14-8-25)51-37(55)23-49)40(28-12-18-32(34(22-28)66-2)68-44(60)36-6-4-20-70-36)48(39,46(63)64)54-42(58)26-9-15-30(16-10-26)52-38(56)24-50/h3-22,39-40H,23-24H2,1-2H3,(H,51,55)(H,52,56)(H,53,57)(H,54,58)(H,61,62)(H,63,64).